The van der Waals surface area contributed by atoms with Crippen LogP contribution in [0.5, 0.6) is 0 Å². The van der Waals surface area contributed by atoms with E-state index in [1.54, 1.807) is 6.92 Å². The highest BCUT2D eigenvalue weighted by molar-refractivity contribution is 5.82. The fourth-order valence-corrected chi connectivity index (χ4v) is 3.29. The first kappa shape index (κ1) is 14.6. The molecule has 2 fully saturated rings. The molecule has 1 heterocycles. The van der Waals surface area contributed by atoms with Gasteiger partial charge in [-0.2, -0.15) is 13.2 Å². The Hall–Kier alpha value is -0.780. The molecule has 1 aliphatic heterocycles. The lowest BCUT2D eigenvalue weighted by molar-refractivity contribution is -0.161. The molecule has 19 heavy (non-hydrogen) atoms. The molecule has 0 bridgehead atoms. The number of likely N-dealkylation sites (N-methyl/N-ethyl adjacent to an activating group) is 1. The van der Waals surface area contributed by atoms with Gasteiger partial charge in [0, 0.05) is 12.6 Å². The van der Waals surface area contributed by atoms with E-state index in [2.05, 4.69) is 5.32 Å². The van der Waals surface area contributed by atoms with E-state index in [9.17, 15) is 18.0 Å². The lowest BCUT2D eigenvalue weighted by Crippen LogP contribution is -2.48. The van der Waals surface area contributed by atoms with Crippen molar-refractivity contribution >= 4 is 5.91 Å². The van der Waals surface area contributed by atoms with Crippen molar-refractivity contribution in [1.82, 2.24) is 10.2 Å². The first-order valence-electron chi connectivity index (χ1n) is 7.02. The molecule has 6 heteroatoms. The van der Waals surface area contributed by atoms with E-state index in [1.807, 2.05) is 0 Å². The summed E-state index contributed by atoms with van der Waals surface area (Å²) in [6.07, 6.45) is 0.820. The van der Waals surface area contributed by atoms with Crippen molar-refractivity contribution in [3.63, 3.8) is 0 Å². The number of hydrogen-bond donors (Lipinski definition) is 1. The lowest BCUT2D eigenvalue weighted by Gasteiger charge is -2.26. The second-order valence-electron chi connectivity index (χ2n) is 5.57. The number of alkyl halides is 3. The molecule has 0 aromatic carbocycles. The van der Waals surface area contributed by atoms with E-state index < -0.39 is 24.7 Å². The third-order valence-electron chi connectivity index (χ3n) is 4.22. The molecule has 1 N–H and O–H groups in total. The maximum Gasteiger partial charge on any atom is 0.406 e. The van der Waals surface area contributed by atoms with Crippen LogP contribution in [-0.2, 0) is 4.79 Å². The third kappa shape index (κ3) is 3.61. The molecular weight excluding hydrogens is 257 g/mol. The topological polar surface area (TPSA) is 32.3 Å². The number of hydrogen-bond acceptors (Lipinski definition) is 2. The van der Waals surface area contributed by atoms with E-state index >= 15 is 0 Å². The molecule has 0 radical (unpaired) electrons. The van der Waals surface area contributed by atoms with Gasteiger partial charge in [0.1, 0.15) is 6.54 Å². The van der Waals surface area contributed by atoms with Crippen LogP contribution in [0.25, 0.3) is 0 Å². The summed E-state index contributed by atoms with van der Waals surface area (Å²) in [5.74, 6) is 0.0708. The summed E-state index contributed by atoms with van der Waals surface area (Å²) in [7, 11) is 0. The molecule has 1 saturated heterocycles. The third-order valence-corrected chi connectivity index (χ3v) is 4.22. The fourth-order valence-electron chi connectivity index (χ4n) is 3.29. The van der Waals surface area contributed by atoms with Gasteiger partial charge >= 0.3 is 6.18 Å². The van der Waals surface area contributed by atoms with Crippen LogP contribution >= 0.6 is 0 Å². The number of carbonyl (C=O) groups is 1. The van der Waals surface area contributed by atoms with Crippen molar-refractivity contribution in [2.24, 2.45) is 5.92 Å². The van der Waals surface area contributed by atoms with E-state index in [0.717, 1.165) is 24.2 Å². The average Bonchev–Trinajstić information content (AvgIpc) is 2.77. The molecule has 3 atom stereocenters. The number of halogens is 3. The highest BCUT2D eigenvalue weighted by atomic mass is 19.4. The summed E-state index contributed by atoms with van der Waals surface area (Å²) in [4.78, 5) is 13.1. The second-order valence-corrected chi connectivity index (χ2v) is 5.57. The maximum atomic E-state index is 12.4. The normalized spacial score (nSPS) is 31.1. The van der Waals surface area contributed by atoms with Crippen LogP contribution in [0.3, 0.4) is 0 Å². The molecule has 3 unspecified atom stereocenters. The minimum Gasteiger partial charge on any atom is -0.333 e. The van der Waals surface area contributed by atoms with Crippen LogP contribution in [-0.4, -0.2) is 42.2 Å². The molecule has 0 aromatic rings. The highest BCUT2D eigenvalue weighted by Gasteiger charge is 2.41. The largest absolute Gasteiger partial charge is 0.406 e. The Balaban J connectivity index is 1.95. The van der Waals surface area contributed by atoms with Crippen molar-refractivity contribution in [2.75, 3.05) is 13.1 Å². The molecular formula is C13H21F3N2O. The molecule has 1 saturated carbocycles. The molecule has 1 aliphatic carbocycles. The van der Waals surface area contributed by atoms with Crippen molar-refractivity contribution < 1.29 is 18.0 Å². The van der Waals surface area contributed by atoms with Gasteiger partial charge < -0.3 is 10.2 Å². The summed E-state index contributed by atoms with van der Waals surface area (Å²) in [5.41, 5.74) is 0. The predicted octanol–water partition coefficient (Wildman–Crippen LogP) is 2.32. The Kier molecular flexibility index (Phi) is 4.38. The first-order chi connectivity index (χ1) is 8.90. The van der Waals surface area contributed by atoms with Crippen LogP contribution in [0, 0.1) is 5.92 Å². The smallest absolute Gasteiger partial charge is 0.333 e. The van der Waals surface area contributed by atoms with Gasteiger partial charge in [0.2, 0.25) is 5.91 Å². The number of amides is 1. The molecule has 0 aromatic heterocycles. The van der Waals surface area contributed by atoms with Crippen LogP contribution in [0.4, 0.5) is 13.2 Å². The van der Waals surface area contributed by atoms with Crippen molar-refractivity contribution in [3.05, 3.63) is 0 Å². The molecule has 3 nitrogen and oxygen atoms in total. The van der Waals surface area contributed by atoms with Gasteiger partial charge in [-0.15, -0.1) is 0 Å². The number of fused-ring (bicyclic) bond motifs is 1. The highest BCUT2D eigenvalue weighted by Crippen LogP contribution is 2.33. The van der Waals surface area contributed by atoms with Gasteiger partial charge in [0.15, 0.2) is 0 Å². The SMILES string of the molecule is CCN(CC(F)(F)F)C(=O)C1CC2CCCCC2N1. The van der Waals surface area contributed by atoms with Crippen molar-refractivity contribution in [3.8, 4) is 0 Å². The molecule has 2 aliphatic rings. The summed E-state index contributed by atoms with van der Waals surface area (Å²) in [5, 5.41) is 3.23. The minimum absolute atomic E-state index is 0.103. The Morgan fingerprint density at radius 2 is 2.00 bits per heavy atom. The van der Waals surface area contributed by atoms with Gasteiger partial charge in [-0.3, -0.25) is 4.79 Å². The molecule has 1 amide bonds. The molecule has 110 valence electrons. The van der Waals surface area contributed by atoms with E-state index in [-0.39, 0.29) is 6.54 Å². The Morgan fingerprint density at radius 3 is 2.58 bits per heavy atom. The number of rotatable bonds is 3. The van der Waals surface area contributed by atoms with Crippen molar-refractivity contribution in [1.29, 1.82) is 0 Å². The number of carbonyl (C=O) groups excluding carboxylic acids is 1. The first-order valence-corrected chi connectivity index (χ1v) is 7.02. The second kappa shape index (κ2) is 5.69. The van der Waals surface area contributed by atoms with Gasteiger partial charge in [0.05, 0.1) is 6.04 Å². The van der Waals surface area contributed by atoms with Gasteiger partial charge in [0.25, 0.3) is 0 Å². The molecule has 0 spiro atoms. The predicted molar refractivity (Wildman–Crippen MR) is 65.6 cm³/mol. The molecule has 2 rings (SSSR count). The zero-order valence-corrected chi connectivity index (χ0v) is 11.2. The Morgan fingerprint density at radius 1 is 1.32 bits per heavy atom. The van der Waals surface area contributed by atoms with E-state index in [4.69, 9.17) is 0 Å². The van der Waals surface area contributed by atoms with Crippen LogP contribution in [0.2, 0.25) is 0 Å². The average molecular weight is 278 g/mol. The standard InChI is InChI=1S/C13H21F3N2O/c1-2-18(8-13(14,15)16)12(19)11-7-9-5-3-4-6-10(9)17-11/h9-11,17H,2-8H2,1H3. The van der Waals surface area contributed by atoms with Gasteiger partial charge in [-0.25, -0.2) is 0 Å². The summed E-state index contributed by atoms with van der Waals surface area (Å²) in [6.45, 7) is 0.549. The van der Waals surface area contributed by atoms with Gasteiger partial charge in [-0.1, -0.05) is 12.8 Å². The monoisotopic (exact) mass is 278 g/mol. The number of nitrogens with zero attached hydrogens (tertiary/aromatic N) is 1. The Labute approximate surface area is 111 Å². The van der Waals surface area contributed by atoms with Crippen LogP contribution in [0.15, 0.2) is 0 Å². The summed E-state index contributed by atoms with van der Waals surface area (Å²) >= 11 is 0. The minimum atomic E-state index is -4.32. The Bertz CT molecular complexity index is 318. The van der Waals surface area contributed by atoms with E-state index in [1.165, 1.54) is 6.42 Å². The van der Waals surface area contributed by atoms with E-state index in [0.29, 0.717) is 18.4 Å². The number of nitrogens with one attached hydrogen (secondary N) is 1. The summed E-state index contributed by atoms with van der Waals surface area (Å²) < 4.78 is 37.3. The van der Waals surface area contributed by atoms with Crippen LogP contribution < -0.4 is 5.32 Å². The fraction of sp³-hybridized carbons (Fsp3) is 0.923. The summed E-state index contributed by atoms with van der Waals surface area (Å²) in [6, 6.07) is -0.0947. The quantitative estimate of drug-likeness (QED) is 0.859. The van der Waals surface area contributed by atoms with Gasteiger partial charge in [-0.05, 0) is 32.1 Å². The zero-order chi connectivity index (χ0) is 14.0. The van der Waals surface area contributed by atoms with Crippen LogP contribution in [0.1, 0.15) is 39.0 Å². The maximum absolute atomic E-state index is 12.4. The van der Waals surface area contributed by atoms with Crippen molar-refractivity contribution in [2.45, 2.75) is 57.3 Å². The lowest BCUT2D eigenvalue weighted by atomic mass is 9.85. The zero-order valence-electron chi connectivity index (χ0n) is 11.2.